The second-order valence-electron chi connectivity index (χ2n) is 6.00. The summed E-state index contributed by atoms with van der Waals surface area (Å²) in [6, 6.07) is 13.4. The minimum Gasteiger partial charge on any atom is -0.337 e. The molecule has 0 aliphatic heterocycles. The summed E-state index contributed by atoms with van der Waals surface area (Å²) in [4.78, 5) is 9.38. The molecular weight excluding hydrogens is 353 g/mol. The zero-order chi connectivity index (χ0) is 18.3. The predicted molar refractivity (Wildman–Crippen MR) is 101 cm³/mol. The lowest BCUT2D eigenvalue weighted by atomic mass is 10.3. The summed E-state index contributed by atoms with van der Waals surface area (Å²) >= 11 is 6.09. The van der Waals surface area contributed by atoms with Gasteiger partial charge in [-0.25, -0.2) is 19.0 Å². The molecule has 0 atom stereocenters. The van der Waals surface area contributed by atoms with E-state index in [1.165, 1.54) is 12.1 Å². The molecule has 0 spiro atoms. The Morgan fingerprint density at radius 2 is 1.73 bits per heavy atom. The van der Waals surface area contributed by atoms with Crippen molar-refractivity contribution in [1.29, 1.82) is 0 Å². The highest BCUT2D eigenvalue weighted by atomic mass is 35.5. The normalized spacial score (nSPS) is 11.1. The van der Waals surface area contributed by atoms with Gasteiger partial charge in [-0.05, 0) is 62.4 Å². The summed E-state index contributed by atoms with van der Waals surface area (Å²) in [5, 5.41) is 8.29. The molecule has 4 aromatic rings. The van der Waals surface area contributed by atoms with Crippen LogP contribution in [0.1, 0.15) is 11.4 Å². The zero-order valence-corrected chi connectivity index (χ0v) is 14.9. The number of halogens is 2. The zero-order valence-electron chi connectivity index (χ0n) is 14.2. The van der Waals surface area contributed by atoms with Crippen molar-refractivity contribution in [3.8, 4) is 5.82 Å². The first-order valence-electron chi connectivity index (χ1n) is 8.03. The van der Waals surface area contributed by atoms with Gasteiger partial charge >= 0.3 is 0 Å². The van der Waals surface area contributed by atoms with Crippen molar-refractivity contribution in [1.82, 2.24) is 19.7 Å². The number of anilines is 2. The standard InChI is InChI=1S/C19H15ClFN5/c1-11-9-12(2)26(25-11)19-18(22-15-6-4-14(21)5-7-15)23-17-10-13(20)3-8-16(17)24-19/h3-10H,1-2H3,(H,22,23). The second-order valence-corrected chi connectivity index (χ2v) is 6.44. The highest BCUT2D eigenvalue weighted by molar-refractivity contribution is 6.31. The Balaban J connectivity index is 1.90. The maximum Gasteiger partial charge on any atom is 0.197 e. The molecule has 0 aliphatic carbocycles. The number of nitrogens with one attached hydrogen (secondary N) is 1. The van der Waals surface area contributed by atoms with E-state index in [0.717, 1.165) is 11.4 Å². The summed E-state index contributed by atoms with van der Waals surface area (Å²) < 4.78 is 14.9. The summed E-state index contributed by atoms with van der Waals surface area (Å²) in [6.07, 6.45) is 0. The van der Waals surface area contributed by atoms with E-state index in [2.05, 4.69) is 15.4 Å². The average molecular weight is 368 g/mol. The highest BCUT2D eigenvalue weighted by Crippen LogP contribution is 2.26. The van der Waals surface area contributed by atoms with Crippen LogP contribution in [0.15, 0.2) is 48.5 Å². The highest BCUT2D eigenvalue weighted by Gasteiger charge is 2.15. The Bertz CT molecular complexity index is 1110. The van der Waals surface area contributed by atoms with Crippen LogP contribution in [0.5, 0.6) is 0 Å². The molecule has 2 aromatic carbocycles. The van der Waals surface area contributed by atoms with E-state index < -0.39 is 0 Å². The second kappa shape index (κ2) is 6.38. The maximum absolute atomic E-state index is 13.2. The third-order valence-corrected chi connectivity index (χ3v) is 4.16. The molecule has 2 heterocycles. The number of fused-ring (bicyclic) bond motifs is 1. The quantitative estimate of drug-likeness (QED) is 0.555. The van der Waals surface area contributed by atoms with E-state index in [1.807, 2.05) is 26.0 Å². The van der Waals surface area contributed by atoms with Crippen molar-refractivity contribution >= 4 is 34.1 Å². The van der Waals surface area contributed by atoms with Crippen molar-refractivity contribution < 1.29 is 4.39 Å². The lowest BCUT2D eigenvalue weighted by Crippen LogP contribution is -2.08. The van der Waals surface area contributed by atoms with E-state index in [-0.39, 0.29) is 5.82 Å². The van der Waals surface area contributed by atoms with Crippen LogP contribution >= 0.6 is 11.6 Å². The molecule has 130 valence electrons. The van der Waals surface area contributed by atoms with Crippen LogP contribution in [0.4, 0.5) is 15.9 Å². The largest absolute Gasteiger partial charge is 0.337 e. The van der Waals surface area contributed by atoms with Gasteiger partial charge in [0, 0.05) is 16.4 Å². The van der Waals surface area contributed by atoms with Crippen molar-refractivity contribution in [2.45, 2.75) is 13.8 Å². The molecule has 0 fully saturated rings. The number of benzene rings is 2. The number of aryl methyl sites for hydroxylation is 2. The third-order valence-electron chi connectivity index (χ3n) is 3.93. The summed E-state index contributed by atoms with van der Waals surface area (Å²) in [7, 11) is 0. The van der Waals surface area contributed by atoms with Gasteiger partial charge in [0.25, 0.3) is 0 Å². The van der Waals surface area contributed by atoms with E-state index in [0.29, 0.717) is 33.4 Å². The van der Waals surface area contributed by atoms with Crippen molar-refractivity contribution in [3.05, 3.63) is 70.8 Å². The molecule has 1 N–H and O–H groups in total. The number of nitrogens with zero attached hydrogens (tertiary/aromatic N) is 4. The SMILES string of the molecule is Cc1cc(C)n(-c2nc3ccc(Cl)cc3nc2Nc2ccc(F)cc2)n1. The summed E-state index contributed by atoms with van der Waals surface area (Å²) in [6.45, 7) is 3.88. The van der Waals surface area contributed by atoms with E-state index in [4.69, 9.17) is 16.6 Å². The monoisotopic (exact) mass is 367 g/mol. The van der Waals surface area contributed by atoms with Crippen LogP contribution in [0.25, 0.3) is 16.9 Å². The van der Waals surface area contributed by atoms with E-state index >= 15 is 0 Å². The molecule has 26 heavy (non-hydrogen) atoms. The van der Waals surface area contributed by atoms with Crippen LogP contribution in [0.2, 0.25) is 5.02 Å². The molecule has 0 bridgehead atoms. The number of aromatic nitrogens is 4. The smallest absolute Gasteiger partial charge is 0.197 e. The van der Waals surface area contributed by atoms with Gasteiger partial charge in [0.2, 0.25) is 0 Å². The van der Waals surface area contributed by atoms with Gasteiger partial charge in [0.1, 0.15) is 5.82 Å². The van der Waals surface area contributed by atoms with E-state index in [1.54, 1.807) is 28.9 Å². The minimum atomic E-state index is -0.300. The first kappa shape index (κ1) is 16.5. The maximum atomic E-state index is 13.2. The van der Waals surface area contributed by atoms with Crippen molar-refractivity contribution in [2.75, 3.05) is 5.32 Å². The Morgan fingerprint density at radius 1 is 0.962 bits per heavy atom. The molecule has 0 amide bonds. The number of hydrogen-bond acceptors (Lipinski definition) is 4. The van der Waals surface area contributed by atoms with Gasteiger partial charge in [-0.2, -0.15) is 5.10 Å². The van der Waals surface area contributed by atoms with Gasteiger partial charge in [-0.1, -0.05) is 11.6 Å². The first-order chi connectivity index (χ1) is 12.5. The van der Waals surface area contributed by atoms with Crippen LogP contribution in [0.3, 0.4) is 0 Å². The Labute approximate surface area is 154 Å². The lowest BCUT2D eigenvalue weighted by molar-refractivity contribution is 0.628. The van der Waals surface area contributed by atoms with Gasteiger partial charge in [0.15, 0.2) is 11.6 Å². The first-order valence-corrected chi connectivity index (χ1v) is 8.41. The summed E-state index contributed by atoms with van der Waals surface area (Å²) in [5.41, 5.74) is 3.89. The number of rotatable bonds is 3. The topological polar surface area (TPSA) is 55.6 Å². The predicted octanol–water partition coefficient (Wildman–Crippen LogP) is 4.97. The summed E-state index contributed by atoms with van der Waals surface area (Å²) in [5.74, 6) is 0.776. The van der Waals surface area contributed by atoms with Gasteiger partial charge in [-0.15, -0.1) is 0 Å². The average Bonchev–Trinajstić information content (AvgIpc) is 2.94. The molecule has 0 aliphatic rings. The molecule has 4 rings (SSSR count). The van der Waals surface area contributed by atoms with Crippen LogP contribution < -0.4 is 5.32 Å². The van der Waals surface area contributed by atoms with Crippen LogP contribution in [-0.4, -0.2) is 19.7 Å². The fourth-order valence-electron chi connectivity index (χ4n) is 2.76. The third kappa shape index (κ3) is 3.11. The van der Waals surface area contributed by atoms with Gasteiger partial charge in [0.05, 0.1) is 16.7 Å². The molecule has 0 saturated heterocycles. The van der Waals surface area contributed by atoms with Crippen molar-refractivity contribution in [3.63, 3.8) is 0 Å². The Kier molecular flexibility index (Phi) is 4.05. The molecule has 0 unspecified atom stereocenters. The molecule has 5 nitrogen and oxygen atoms in total. The number of hydrogen-bond donors (Lipinski definition) is 1. The lowest BCUT2D eigenvalue weighted by Gasteiger charge is -2.13. The van der Waals surface area contributed by atoms with E-state index in [9.17, 15) is 4.39 Å². The van der Waals surface area contributed by atoms with Gasteiger partial charge in [-0.3, -0.25) is 0 Å². The fourth-order valence-corrected chi connectivity index (χ4v) is 2.93. The Morgan fingerprint density at radius 3 is 2.42 bits per heavy atom. The minimum absolute atomic E-state index is 0.300. The molecule has 2 aromatic heterocycles. The van der Waals surface area contributed by atoms with Crippen LogP contribution in [-0.2, 0) is 0 Å². The van der Waals surface area contributed by atoms with Crippen LogP contribution in [0, 0.1) is 19.7 Å². The molecule has 7 heteroatoms. The fraction of sp³-hybridized carbons (Fsp3) is 0.105. The molecule has 0 saturated carbocycles. The van der Waals surface area contributed by atoms with Gasteiger partial charge < -0.3 is 5.32 Å². The molecular formula is C19H15ClFN5. The Hall–Kier alpha value is -2.99. The van der Waals surface area contributed by atoms with Crippen molar-refractivity contribution in [2.24, 2.45) is 0 Å². The molecule has 0 radical (unpaired) electrons.